The second kappa shape index (κ2) is 4.73. The highest BCUT2D eigenvalue weighted by molar-refractivity contribution is 6.00. The van der Waals surface area contributed by atoms with Crippen LogP contribution in [0.2, 0.25) is 0 Å². The van der Waals surface area contributed by atoms with Crippen molar-refractivity contribution in [1.82, 2.24) is 0 Å². The molecule has 0 spiro atoms. The molecule has 0 aromatic heterocycles. The molecule has 2 rings (SSSR count). The zero-order chi connectivity index (χ0) is 12.4. The fourth-order valence-corrected chi connectivity index (χ4v) is 2.47. The van der Waals surface area contributed by atoms with Crippen LogP contribution in [0, 0.1) is 11.2 Å². The molecule has 1 unspecified atom stereocenters. The molecule has 3 N–H and O–H groups in total. The van der Waals surface area contributed by atoms with Gasteiger partial charge in [0.15, 0.2) is 0 Å². The van der Waals surface area contributed by atoms with Crippen molar-refractivity contribution in [1.29, 1.82) is 5.41 Å². The van der Waals surface area contributed by atoms with Crippen molar-refractivity contribution in [3.05, 3.63) is 29.6 Å². The summed E-state index contributed by atoms with van der Waals surface area (Å²) in [6.07, 6.45) is 3.43. The summed E-state index contributed by atoms with van der Waals surface area (Å²) in [7, 11) is 0. The first kappa shape index (κ1) is 11.9. The molecule has 1 aromatic rings. The fraction of sp³-hybridized carbons (Fsp3) is 0.462. The largest absolute Gasteiger partial charge is 0.384 e. The molecular weight excluding hydrogens is 217 g/mol. The summed E-state index contributed by atoms with van der Waals surface area (Å²) in [5.41, 5.74) is 6.48. The van der Waals surface area contributed by atoms with E-state index in [0.29, 0.717) is 6.04 Å². The van der Waals surface area contributed by atoms with Gasteiger partial charge in [0.1, 0.15) is 11.7 Å². The SMILES string of the molecule is CC1CCCCN1c1cccc(F)c1C(=N)N. The van der Waals surface area contributed by atoms with Crippen molar-refractivity contribution in [2.75, 3.05) is 11.4 Å². The Morgan fingerprint density at radius 2 is 2.24 bits per heavy atom. The fourth-order valence-electron chi connectivity index (χ4n) is 2.47. The van der Waals surface area contributed by atoms with Crippen LogP contribution in [0.25, 0.3) is 0 Å². The Hall–Kier alpha value is -1.58. The Morgan fingerprint density at radius 1 is 1.47 bits per heavy atom. The Labute approximate surface area is 101 Å². The summed E-state index contributed by atoms with van der Waals surface area (Å²) in [6.45, 7) is 3.04. The first-order chi connectivity index (χ1) is 8.11. The van der Waals surface area contributed by atoms with E-state index in [4.69, 9.17) is 11.1 Å². The quantitative estimate of drug-likeness (QED) is 0.611. The number of rotatable bonds is 2. The van der Waals surface area contributed by atoms with Crippen molar-refractivity contribution in [3.8, 4) is 0 Å². The lowest BCUT2D eigenvalue weighted by molar-refractivity contribution is 0.483. The van der Waals surface area contributed by atoms with Gasteiger partial charge < -0.3 is 10.6 Å². The molecule has 1 atom stereocenters. The highest BCUT2D eigenvalue weighted by Gasteiger charge is 2.23. The molecule has 0 radical (unpaired) electrons. The minimum absolute atomic E-state index is 0.198. The van der Waals surface area contributed by atoms with Gasteiger partial charge in [0.2, 0.25) is 0 Å². The second-order valence-corrected chi connectivity index (χ2v) is 4.59. The zero-order valence-corrected chi connectivity index (χ0v) is 10.0. The van der Waals surface area contributed by atoms with E-state index in [-0.39, 0.29) is 11.4 Å². The lowest BCUT2D eigenvalue weighted by atomic mass is 10.0. The van der Waals surface area contributed by atoms with Crippen molar-refractivity contribution >= 4 is 11.5 Å². The molecule has 3 nitrogen and oxygen atoms in total. The van der Waals surface area contributed by atoms with Gasteiger partial charge in [0.05, 0.1) is 11.3 Å². The number of hydrogen-bond acceptors (Lipinski definition) is 2. The third kappa shape index (κ3) is 2.25. The van der Waals surface area contributed by atoms with E-state index >= 15 is 0 Å². The van der Waals surface area contributed by atoms with E-state index in [2.05, 4.69) is 11.8 Å². The van der Waals surface area contributed by atoms with Gasteiger partial charge in [0, 0.05) is 12.6 Å². The number of piperidine rings is 1. The van der Waals surface area contributed by atoms with Crippen LogP contribution in [0.1, 0.15) is 31.7 Å². The van der Waals surface area contributed by atoms with Crippen LogP contribution in [0.3, 0.4) is 0 Å². The third-order valence-electron chi connectivity index (χ3n) is 3.37. The molecule has 17 heavy (non-hydrogen) atoms. The summed E-state index contributed by atoms with van der Waals surface area (Å²) in [5, 5.41) is 7.51. The van der Waals surface area contributed by atoms with Crippen molar-refractivity contribution < 1.29 is 4.39 Å². The zero-order valence-electron chi connectivity index (χ0n) is 10.0. The van der Waals surface area contributed by atoms with Crippen LogP contribution in [0.5, 0.6) is 0 Å². The first-order valence-electron chi connectivity index (χ1n) is 6.01. The monoisotopic (exact) mass is 235 g/mol. The van der Waals surface area contributed by atoms with Crippen molar-refractivity contribution in [2.24, 2.45) is 5.73 Å². The first-order valence-corrected chi connectivity index (χ1v) is 6.01. The van der Waals surface area contributed by atoms with Crippen LogP contribution in [-0.2, 0) is 0 Å². The maximum absolute atomic E-state index is 13.7. The molecule has 4 heteroatoms. The van der Waals surface area contributed by atoms with Crippen LogP contribution >= 0.6 is 0 Å². The van der Waals surface area contributed by atoms with Crippen molar-refractivity contribution in [3.63, 3.8) is 0 Å². The Kier molecular flexibility index (Phi) is 3.31. The molecule has 92 valence electrons. The number of benzene rings is 1. The van der Waals surface area contributed by atoms with E-state index < -0.39 is 5.82 Å². The van der Waals surface area contributed by atoms with Gasteiger partial charge in [-0.1, -0.05) is 6.07 Å². The van der Waals surface area contributed by atoms with Crippen LogP contribution in [0.15, 0.2) is 18.2 Å². The van der Waals surface area contributed by atoms with Gasteiger partial charge in [-0.2, -0.15) is 0 Å². The predicted molar refractivity (Wildman–Crippen MR) is 68.1 cm³/mol. The number of nitrogen functional groups attached to an aromatic ring is 1. The van der Waals surface area contributed by atoms with Crippen LogP contribution in [0.4, 0.5) is 10.1 Å². The van der Waals surface area contributed by atoms with Gasteiger partial charge in [-0.3, -0.25) is 5.41 Å². The lowest BCUT2D eigenvalue weighted by Crippen LogP contribution is -2.39. The number of halogens is 1. The van der Waals surface area contributed by atoms with E-state index in [9.17, 15) is 4.39 Å². The number of anilines is 1. The molecule has 0 bridgehead atoms. The lowest BCUT2D eigenvalue weighted by Gasteiger charge is -2.36. The summed E-state index contributed by atoms with van der Waals surface area (Å²) in [6, 6.07) is 5.26. The number of nitrogens with one attached hydrogen (secondary N) is 1. The van der Waals surface area contributed by atoms with E-state index in [1.165, 1.54) is 12.5 Å². The average molecular weight is 235 g/mol. The average Bonchev–Trinajstić information content (AvgIpc) is 2.28. The number of nitrogens with two attached hydrogens (primary N) is 1. The Morgan fingerprint density at radius 3 is 2.88 bits per heavy atom. The summed E-state index contributed by atoms with van der Waals surface area (Å²) < 4.78 is 13.7. The maximum atomic E-state index is 13.7. The topological polar surface area (TPSA) is 53.1 Å². The normalized spacial score (nSPS) is 20.4. The van der Waals surface area contributed by atoms with Crippen LogP contribution in [-0.4, -0.2) is 18.4 Å². The third-order valence-corrected chi connectivity index (χ3v) is 3.37. The summed E-state index contributed by atoms with van der Waals surface area (Å²) >= 11 is 0. The Balaban J connectivity index is 2.43. The second-order valence-electron chi connectivity index (χ2n) is 4.59. The van der Waals surface area contributed by atoms with Gasteiger partial charge in [0.25, 0.3) is 0 Å². The molecule has 0 amide bonds. The number of amidine groups is 1. The molecule has 1 fully saturated rings. The molecule has 1 heterocycles. The standard InChI is InChI=1S/C13H18FN3/c1-9-5-2-3-8-17(9)11-7-4-6-10(14)12(11)13(15)16/h4,6-7,9H,2-3,5,8H2,1H3,(H3,15,16). The smallest absolute Gasteiger partial charge is 0.136 e. The van der Waals surface area contributed by atoms with Crippen LogP contribution < -0.4 is 10.6 Å². The van der Waals surface area contributed by atoms with Gasteiger partial charge >= 0.3 is 0 Å². The van der Waals surface area contributed by atoms with Gasteiger partial charge in [-0.25, -0.2) is 4.39 Å². The van der Waals surface area contributed by atoms with Gasteiger partial charge in [-0.05, 0) is 38.3 Å². The minimum Gasteiger partial charge on any atom is -0.384 e. The molecular formula is C13H18FN3. The summed E-state index contributed by atoms with van der Waals surface area (Å²) in [5.74, 6) is -0.608. The highest BCUT2D eigenvalue weighted by atomic mass is 19.1. The molecule has 1 saturated heterocycles. The van der Waals surface area contributed by atoms with E-state index in [1.807, 2.05) is 6.07 Å². The van der Waals surface area contributed by atoms with E-state index in [0.717, 1.165) is 25.1 Å². The molecule has 0 aliphatic carbocycles. The number of hydrogen-bond donors (Lipinski definition) is 2. The Bertz CT molecular complexity index is 431. The number of nitrogens with zero attached hydrogens (tertiary/aromatic N) is 1. The highest BCUT2D eigenvalue weighted by Crippen LogP contribution is 2.29. The molecule has 1 aliphatic heterocycles. The predicted octanol–water partition coefficient (Wildman–Crippen LogP) is 2.49. The maximum Gasteiger partial charge on any atom is 0.136 e. The van der Waals surface area contributed by atoms with Gasteiger partial charge in [-0.15, -0.1) is 0 Å². The molecule has 1 aromatic carbocycles. The minimum atomic E-state index is -0.409. The molecule has 1 aliphatic rings. The summed E-state index contributed by atoms with van der Waals surface area (Å²) in [4.78, 5) is 2.16. The molecule has 0 saturated carbocycles. The van der Waals surface area contributed by atoms with Crippen molar-refractivity contribution in [2.45, 2.75) is 32.2 Å². The van der Waals surface area contributed by atoms with E-state index in [1.54, 1.807) is 6.07 Å².